The Kier molecular flexibility index (Phi) is 5.23. The fraction of sp³-hybridized carbons (Fsp3) is 0.619. The Balaban J connectivity index is 1.59. The Labute approximate surface area is 136 Å². The maximum Gasteiger partial charge on any atom is 0.0711 e. The van der Waals surface area contributed by atoms with Crippen molar-refractivity contribution in [3.63, 3.8) is 0 Å². The quantitative estimate of drug-likeness (QED) is 0.491. The van der Waals surface area contributed by atoms with Crippen molar-refractivity contribution < 1.29 is 0 Å². The number of rotatable bonds is 8. The summed E-state index contributed by atoms with van der Waals surface area (Å²) >= 11 is 0. The van der Waals surface area contributed by atoms with Gasteiger partial charge >= 0.3 is 0 Å². The predicted octanol–water partition coefficient (Wildman–Crippen LogP) is 6.43. The molecule has 0 atom stereocenters. The van der Waals surface area contributed by atoms with E-state index in [2.05, 4.69) is 26.0 Å². The van der Waals surface area contributed by atoms with E-state index in [9.17, 15) is 0 Å². The van der Waals surface area contributed by atoms with Crippen LogP contribution in [0, 0.1) is 6.92 Å². The molecule has 1 aromatic carbocycles. The monoisotopic (exact) mass is 296 g/mol. The number of unbranched alkanes of at least 4 members (excludes halogenated alkanes) is 6. The second-order valence-electron chi connectivity index (χ2n) is 7.02. The van der Waals surface area contributed by atoms with Crippen LogP contribution in [0.4, 0.5) is 5.69 Å². The molecule has 0 saturated carbocycles. The molecule has 0 unspecified atom stereocenters. The van der Waals surface area contributed by atoms with Gasteiger partial charge in [-0.2, -0.15) is 0 Å². The standard InChI is InChI=1S/C21H30N/c1-3-4-5-6-7-8-9-11-17-16(2)14-15-20-21(17)18-12-10-13-19(18)22-20/h14-15H,3-13H2,1-2H3. The Bertz CT molecular complexity index is 553. The van der Waals surface area contributed by atoms with Crippen LogP contribution in [0.15, 0.2) is 17.8 Å². The van der Waals surface area contributed by atoms with Crippen molar-refractivity contribution in [3.05, 3.63) is 34.5 Å². The first kappa shape index (κ1) is 15.6. The summed E-state index contributed by atoms with van der Waals surface area (Å²) in [6.45, 7) is 4.57. The van der Waals surface area contributed by atoms with Gasteiger partial charge in [0.05, 0.1) is 5.69 Å². The second-order valence-corrected chi connectivity index (χ2v) is 7.02. The first-order valence-corrected chi connectivity index (χ1v) is 9.38. The zero-order valence-electron chi connectivity index (χ0n) is 14.4. The summed E-state index contributed by atoms with van der Waals surface area (Å²) in [6, 6.07) is 4.51. The smallest absolute Gasteiger partial charge is 0.0711 e. The molecule has 1 radical (unpaired) electrons. The topological polar surface area (TPSA) is 14.1 Å². The van der Waals surface area contributed by atoms with Gasteiger partial charge in [0.15, 0.2) is 0 Å². The van der Waals surface area contributed by atoms with E-state index in [1.165, 1.54) is 93.1 Å². The number of benzene rings is 1. The summed E-state index contributed by atoms with van der Waals surface area (Å²) in [5.74, 6) is 0. The van der Waals surface area contributed by atoms with Crippen LogP contribution in [0.5, 0.6) is 0 Å². The molecule has 0 saturated heterocycles. The predicted molar refractivity (Wildman–Crippen MR) is 95.4 cm³/mol. The second kappa shape index (κ2) is 7.35. The first-order valence-electron chi connectivity index (χ1n) is 9.38. The SMILES string of the molecule is CCCCCCCCCc1c(C)ccc2c1C1=C(CCC1)[N]2. The Morgan fingerprint density at radius 1 is 0.955 bits per heavy atom. The lowest BCUT2D eigenvalue weighted by molar-refractivity contribution is 0.589. The first-order chi connectivity index (χ1) is 10.8. The van der Waals surface area contributed by atoms with Crippen molar-refractivity contribution in [3.8, 4) is 0 Å². The Hall–Kier alpha value is -1.24. The molecule has 3 rings (SSSR count). The van der Waals surface area contributed by atoms with Gasteiger partial charge in [-0.25, -0.2) is 0 Å². The highest BCUT2D eigenvalue weighted by Crippen LogP contribution is 2.46. The van der Waals surface area contributed by atoms with Crippen LogP contribution in [0.2, 0.25) is 0 Å². The summed E-state index contributed by atoms with van der Waals surface area (Å²) in [7, 11) is 0. The zero-order valence-corrected chi connectivity index (χ0v) is 14.4. The van der Waals surface area contributed by atoms with E-state index in [-0.39, 0.29) is 0 Å². The van der Waals surface area contributed by atoms with Gasteiger partial charge in [-0.05, 0) is 61.8 Å². The molecule has 1 heterocycles. The molecule has 119 valence electrons. The molecule has 0 fully saturated rings. The van der Waals surface area contributed by atoms with Crippen LogP contribution in [0.3, 0.4) is 0 Å². The molecule has 0 bridgehead atoms. The Morgan fingerprint density at radius 2 is 1.73 bits per heavy atom. The van der Waals surface area contributed by atoms with Gasteiger partial charge in [0.1, 0.15) is 0 Å². The lowest BCUT2D eigenvalue weighted by Crippen LogP contribution is -1.98. The summed E-state index contributed by atoms with van der Waals surface area (Å²) in [4.78, 5) is 0. The number of fused-ring (bicyclic) bond motifs is 2. The van der Waals surface area contributed by atoms with Gasteiger partial charge in [0.25, 0.3) is 0 Å². The Morgan fingerprint density at radius 3 is 2.55 bits per heavy atom. The average Bonchev–Trinajstić information content (AvgIpc) is 3.09. The molecule has 1 nitrogen and oxygen atoms in total. The van der Waals surface area contributed by atoms with Gasteiger partial charge in [-0.1, -0.05) is 51.5 Å². The maximum absolute atomic E-state index is 4.87. The van der Waals surface area contributed by atoms with Gasteiger partial charge in [-0.3, -0.25) is 5.32 Å². The largest absolute Gasteiger partial charge is 0.253 e. The van der Waals surface area contributed by atoms with E-state index >= 15 is 0 Å². The molecule has 0 spiro atoms. The minimum Gasteiger partial charge on any atom is -0.253 e. The molecule has 0 amide bonds. The van der Waals surface area contributed by atoms with Crippen molar-refractivity contribution in [2.75, 3.05) is 0 Å². The third-order valence-electron chi connectivity index (χ3n) is 5.30. The van der Waals surface area contributed by atoms with Crippen molar-refractivity contribution in [2.24, 2.45) is 0 Å². The van der Waals surface area contributed by atoms with E-state index < -0.39 is 0 Å². The highest BCUT2D eigenvalue weighted by atomic mass is 14.9. The zero-order chi connectivity index (χ0) is 15.4. The summed E-state index contributed by atoms with van der Waals surface area (Å²) in [6.07, 6.45) is 14.7. The van der Waals surface area contributed by atoms with Crippen LogP contribution in [0.1, 0.15) is 87.8 Å². The average molecular weight is 296 g/mol. The van der Waals surface area contributed by atoms with E-state index in [0.29, 0.717) is 0 Å². The molecular weight excluding hydrogens is 266 g/mol. The van der Waals surface area contributed by atoms with E-state index in [1.54, 1.807) is 11.1 Å². The van der Waals surface area contributed by atoms with Gasteiger partial charge in [0.2, 0.25) is 0 Å². The molecule has 1 heteroatoms. The maximum atomic E-state index is 4.87. The lowest BCUT2D eigenvalue weighted by Gasteiger charge is -2.14. The minimum atomic E-state index is 1.19. The van der Waals surface area contributed by atoms with E-state index in [0.717, 1.165) is 0 Å². The number of aryl methyl sites for hydroxylation is 1. The van der Waals surface area contributed by atoms with Gasteiger partial charge < -0.3 is 0 Å². The fourth-order valence-corrected chi connectivity index (χ4v) is 4.02. The van der Waals surface area contributed by atoms with Crippen LogP contribution in [-0.4, -0.2) is 0 Å². The van der Waals surface area contributed by atoms with E-state index in [1.807, 2.05) is 0 Å². The van der Waals surface area contributed by atoms with Crippen molar-refractivity contribution in [1.29, 1.82) is 0 Å². The fourth-order valence-electron chi connectivity index (χ4n) is 4.02. The highest BCUT2D eigenvalue weighted by molar-refractivity contribution is 5.85. The third kappa shape index (κ3) is 3.24. The van der Waals surface area contributed by atoms with Crippen molar-refractivity contribution in [1.82, 2.24) is 5.32 Å². The third-order valence-corrected chi connectivity index (χ3v) is 5.30. The van der Waals surface area contributed by atoms with Crippen molar-refractivity contribution >= 4 is 11.3 Å². The molecular formula is C21H30N. The molecule has 22 heavy (non-hydrogen) atoms. The number of hydrogen-bond donors (Lipinski definition) is 0. The van der Waals surface area contributed by atoms with Crippen LogP contribution >= 0.6 is 0 Å². The van der Waals surface area contributed by atoms with Crippen LogP contribution in [0.25, 0.3) is 5.57 Å². The highest BCUT2D eigenvalue weighted by Gasteiger charge is 2.29. The summed E-state index contributed by atoms with van der Waals surface area (Å²) < 4.78 is 0. The van der Waals surface area contributed by atoms with E-state index in [4.69, 9.17) is 5.32 Å². The molecule has 1 aromatic rings. The summed E-state index contributed by atoms with van der Waals surface area (Å²) in [5, 5.41) is 4.87. The number of hydrogen-bond acceptors (Lipinski definition) is 0. The van der Waals surface area contributed by atoms with Crippen LogP contribution in [-0.2, 0) is 6.42 Å². The number of allylic oxidation sites excluding steroid dienone is 2. The molecule has 2 aliphatic rings. The van der Waals surface area contributed by atoms with Gasteiger partial charge in [0, 0.05) is 11.3 Å². The van der Waals surface area contributed by atoms with Crippen LogP contribution < -0.4 is 5.32 Å². The van der Waals surface area contributed by atoms with Gasteiger partial charge in [-0.15, -0.1) is 0 Å². The normalized spacial score (nSPS) is 15.9. The molecule has 0 aromatic heterocycles. The molecule has 0 N–H and O–H groups in total. The van der Waals surface area contributed by atoms with Crippen molar-refractivity contribution in [2.45, 2.75) is 84.5 Å². The minimum absolute atomic E-state index is 1.19. The molecule has 1 aliphatic carbocycles. The molecule has 1 aliphatic heterocycles. The lowest BCUT2D eigenvalue weighted by atomic mass is 9.91. The summed E-state index contributed by atoms with van der Waals surface area (Å²) in [5.41, 5.74) is 8.83. The number of nitrogens with zero attached hydrogens (tertiary/aromatic N) is 1.